The zero-order valence-corrected chi connectivity index (χ0v) is 15.6. The van der Waals surface area contributed by atoms with E-state index in [1.807, 2.05) is 0 Å². The van der Waals surface area contributed by atoms with Crippen molar-refractivity contribution in [2.24, 2.45) is 0 Å². The predicted octanol–water partition coefficient (Wildman–Crippen LogP) is 4.80. The second-order valence-corrected chi connectivity index (χ2v) is 6.44. The minimum Gasteiger partial charge on any atom is -0.497 e. The summed E-state index contributed by atoms with van der Waals surface area (Å²) in [7, 11) is 1.45. The summed E-state index contributed by atoms with van der Waals surface area (Å²) in [5, 5.41) is 2.02. The summed E-state index contributed by atoms with van der Waals surface area (Å²) >= 11 is 11.9. The molecular weight excluding hydrogens is 420 g/mol. The number of nitrogens with one attached hydrogen (secondary N) is 1. The first-order valence-electron chi connectivity index (χ1n) is 7.70. The van der Waals surface area contributed by atoms with Gasteiger partial charge in [-0.25, -0.2) is 4.90 Å². The average Bonchev–Trinajstić information content (AvgIpc) is 2.85. The summed E-state index contributed by atoms with van der Waals surface area (Å²) in [4.78, 5) is 25.7. The van der Waals surface area contributed by atoms with E-state index in [1.165, 1.54) is 7.11 Å². The van der Waals surface area contributed by atoms with Crippen LogP contribution in [0.1, 0.15) is 5.56 Å². The Labute approximate surface area is 167 Å². The predicted molar refractivity (Wildman–Crippen MR) is 98.4 cm³/mol. The summed E-state index contributed by atoms with van der Waals surface area (Å²) in [6.45, 7) is 0. The van der Waals surface area contributed by atoms with E-state index in [0.29, 0.717) is 22.4 Å². The third-order valence-corrected chi connectivity index (χ3v) is 4.55. The van der Waals surface area contributed by atoms with Crippen molar-refractivity contribution in [3.05, 3.63) is 63.8 Å². The van der Waals surface area contributed by atoms with E-state index in [1.54, 1.807) is 24.3 Å². The van der Waals surface area contributed by atoms with E-state index in [4.69, 9.17) is 27.9 Å². The molecule has 2 aromatic rings. The highest BCUT2D eigenvalue weighted by molar-refractivity contribution is 6.53. The summed E-state index contributed by atoms with van der Waals surface area (Å²) in [6.07, 6.45) is -4.68. The van der Waals surface area contributed by atoms with Gasteiger partial charge >= 0.3 is 6.18 Å². The number of halogens is 5. The number of anilines is 2. The number of ether oxygens (including phenoxy) is 1. The monoisotopic (exact) mass is 430 g/mol. The van der Waals surface area contributed by atoms with Crippen LogP contribution in [0.5, 0.6) is 5.75 Å². The Morgan fingerprint density at radius 3 is 2.39 bits per heavy atom. The quantitative estimate of drug-likeness (QED) is 0.707. The summed E-state index contributed by atoms with van der Waals surface area (Å²) in [5.41, 5.74) is -1.36. The Hall–Kier alpha value is -2.71. The third kappa shape index (κ3) is 3.65. The maximum Gasteiger partial charge on any atom is 0.416 e. The maximum absolute atomic E-state index is 13.0. The van der Waals surface area contributed by atoms with Crippen LogP contribution in [0, 0.1) is 0 Å². The molecule has 146 valence electrons. The zero-order chi connectivity index (χ0) is 20.6. The van der Waals surface area contributed by atoms with Gasteiger partial charge in [0.1, 0.15) is 16.5 Å². The summed E-state index contributed by atoms with van der Waals surface area (Å²) < 4.78 is 44.1. The number of amides is 2. The van der Waals surface area contributed by atoms with Crippen molar-refractivity contribution in [2.75, 3.05) is 17.3 Å². The standard InChI is InChI=1S/C18H11Cl2F3N2O3/c1-28-11-4-2-3-10(8-11)24-15-14(20)16(26)25(17(15)27)13-7-9(18(21,22)23)5-6-12(13)19/h2-8,24H,1H3. The van der Waals surface area contributed by atoms with Crippen LogP contribution in [-0.4, -0.2) is 18.9 Å². The molecule has 0 aliphatic carbocycles. The number of rotatable bonds is 4. The molecule has 0 aromatic heterocycles. The van der Waals surface area contributed by atoms with Crippen LogP contribution < -0.4 is 15.0 Å². The number of imide groups is 1. The fraction of sp³-hybridized carbons (Fsp3) is 0.111. The Bertz CT molecular complexity index is 1010. The molecule has 10 heteroatoms. The molecule has 3 rings (SSSR count). The zero-order valence-electron chi connectivity index (χ0n) is 14.1. The van der Waals surface area contributed by atoms with Gasteiger partial charge in [-0.15, -0.1) is 0 Å². The fourth-order valence-corrected chi connectivity index (χ4v) is 2.95. The largest absolute Gasteiger partial charge is 0.497 e. The van der Waals surface area contributed by atoms with E-state index >= 15 is 0 Å². The van der Waals surface area contributed by atoms with Crippen LogP contribution in [0.4, 0.5) is 24.5 Å². The summed E-state index contributed by atoms with van der Waals surface area (Å²) in [6, 6.07) is 8.78. The van der Waals surface area contributed by atoms with Gasteiger partial charge in [-0.1, -0.05) is 29.3 Å². The normalized spacial score (nSPS) is 14.7. The van der Waals surface area contributed by atoms with Crippen LogP contribution in [0.3, 0.4) is 0 Å². The number of nitrogens with zero attached hydrogens (tertiary/aromatic N) is 1. The Balaban J connectivity index is 1.97. The minimum atomic E-state index is -4.68. The van der Waals surface area contributed by atoms with Crippen molar-refractivity contribution in [1.82, 2.24) is 0 Å². The Morgan fingerprint density at radius 2 is 1.75 bits per heavy atom. The van der Waals surface area contributed by atoms with E-state index in [9.17, 15) is 22.8 Å². The molecule has 0 radical (unpaired) electrons. The Morgan fingerprint density at radius 1 is 1.04 bits per heavy atom. The van der Waals surface area contributed by atoms with Crippen molar-refractivity contribution >= 4 is 46.4 Å². The molecule has 0 unspecified atom stereocenters. The number of carbonyl (C=O) groups is 2. The summed E-state index contributed by atoms with van der Waals surface area (Å²) in [5.74, 6) is -1.44. The molecule has 28 heavy (non-hydrogen) atoms. The lowest BCUT2D eigenvalue weighted by Crippen LogP contribution is -2.32. The van der Waals surface area contributed by atoms with Gasteiger partial charge in [0, 0.05) is 11.8 Å². The van der Waals surface area contributed by atoms with E-state index in [0.717, 1.165) is 12.1 Å². The molecular formula is C18H11Cl2F3N2O3. The minimum absolute atomic E-state index is 0.207. The molecule has 0 saturated heterocycles. The van der Waals surface area contributed by atoms with Crippen molar-refractivity contribution in [2.45, 2.75) is 6.18 Å². The molecule has 0 atom stereocenters. The highest BCUT2D eigenvalue weighted by Gasteiger charge is 2.41. The first-order chi connectivity index (χ1) is 13.1. The second-order valence-electron chi connectivity index (χ2n) is 5.66. The molecule has 1 N–H and O–H groups in total. The number of alkyl halides is 3. The van der Waals surface area contributed by atoms with Crippen LogP contribution in [0.15, 0.2) is 53.2 Å². The molecule has 1 aliphatic heterocycles. The number of methoxy groups -OCH3 is 1. The molecule has 2 amide bonds. The smallest absolute Gasteiger partial charge is 0.416 e. The van der Waals surface area contributed by atoms with Gasteiger partial charge in [0.05, 0.1) is 23.4 Å². The van der Waals surface area contributed by atoms with Gasteiger partial charge in [0.25, 0.3) is 11.8 Å². The molecule has 1 heterocycles. The maximum atomic E-state index is 13.0. The third-order valence-electron chi connectivity index (χ3n) is 3.88. The van der Waals surface area contributed by atoms with Crippen LogP contribution >= 0.6 is 23.2 Å². The molecule has 0 bridgehead atoms. The highest BCUT2D eigenvalue weighted by Crippen LogP contribution is 2.38. The van der Waals surface area contributed by atoms with Gasteiger partial charge in [-0.05, 0) is 30.3 Å². The second kappa shape index (κ2) is 7.37. The molecule has 0 saturated carbocycles. The van der Waals surface area contributed by atoms with E-state index < -0.39 is 34.3 Å². The molecule has 0 spiro atoms. The van der Waals surface area contributed by atoms with Gasteiger partial charge in [0.2, 0.25) is 0 Å². The molecule has 2 aromatic carbocycles. The molecule has 1 aliphatic rings. The number of benzene rings is 2. The van der Waals surface area contributed by atoms with Gasteiger partial charge in [0.15, 0.2) is 0 Å². The van der Waals surface area contributed by atoms with Crippen LogP contribution in [-0.2, 0) is 15.8 Å². The van der Waals surface area contributed by atoms with Crippen molar-refractivity contribution in [1.29, 1.82) is 0 Å². The van der Waals surface area contributed by atoms with Crippen LogP contribution in [0.2, 0.25) is 5.02 Å². The topological polar surface area (TPSA) is 58.6 Å². The number of hydrogen-bond acceptors (Lipinski definition) is 4. The van der Waals surface area contributed by atoms with Crippen LogP contribution in [0.25, 0.3) is 0 Å². The van der Waals surface area contributed by atoms with Crippen molar-refractivity contribution in [3.63, 3.8) is 0 Å². The molecule has 5 nitrogen and oxygen atoms in total. The Kier molecular flexibility index (Phi) is 5.27. The fourth-order valence-electron chi connectivity index (χ4n) is 2.54. The lowest BCUT2D eigenvalue weighted by Gasteiger charge is -2.18. The molecule has 0 fully saturated rings. The number of hydrogen-bond donors (Lipinski definition) is 1. The first kappa shape index (κ1) is 20.0. The number of carbonyl (C=O) groups excluding carboxylic acids is 2. The van der Waals surface area contributed by atoms with Crippen molar-refractivity contribution < 1.29 is 27.5 Å². The lowest BCUT2D eigenvalue weighted by atomic mass is 10.2. The van der Waals surface area contributed by atoms with Gasteiger partial charge in [-0.2, -0.15) is 13.2 Å². The van der Waals surface area contributed by atoms with E-state index in [-0.39, 0.29) is 10.7 Å². The lowest BCUT2D eigenvalue weighted by molar-refractivity contribution is -0.137. The first-order valence-corrected chi connectivity index (χ1v) is 8.45. The highest BCUT2D eigenvalue weighted by atomic mass is 35.5. The van der Waals surface area contributed by atoms with Gasteiger partial charge in [-0.3, -0.25) is 9.59 Å². The average molecular weight is 431 g/mol. The SMILES string of the molecule is COc1cccc(NC2=C(Cl)C(=O)N(c3cc(C(F)(F)F)ccc3Cl)C2=O)c1. The van der Waals surface area contributed by atoms with Crippen molar-refractivity contribution in [3.8, 4) is 5.75 Å². The van der Waals surface area contributed by atoms with Gasteiger partial charge < -0.3 is 10.1 Å². The van der Waals surface area contributed by atoms with E-state index in [2.05, 4.69) is 5.32 Å².